The molecule has 1 aromatic heterocycles. The van der Waals surface area contributed by atoms with Crippen LogP contribution < -0.4 is 15.4 Å². The maximum Gasteiger partial charge on any atom is 0.270 e. The zero-order valence-electron chi connectivity index (χ0n) is 15.9. The minimum atomic E-state index is -0.449. The van der Waals surface area contributed by atoms with E-state index in [4.69, 9.17) is 16.3 Å². The summed E-state index contributed by atoms with van der Waals surface area (Å²) in [6, 6.07) is 12.7. The number of carbonyl (C=O) groups is 2. The Morgan fingerprint density at radius 2 is 1.73 bits per heavy atom. The van der Waals surface area contributed by atoms with E-state index in [1.807, 2.05) is 0 Å². The number of benzene rings is 2. The highest BCUT2D eigenvalue weighted by Crippen LogP contribution is 2.18. The Morgan fingerprint density at radius 3 is 2.47 bits per heavy atom. The highest BCUT2D eigenvalue weighted by atomic mass is 35.5. The summed E-state index contributed by atoms with van der Waals surface area (Å²) in [7, 11) is 0. The average Bonchev–Trinajstić information content (AvgIpc) is 3.22. The number of hydrogen-bond acceptors (Lipinski definition) is 5. The van der Waals surface area contributed by atoms with Crippen molar-refractivity contribution in [3.05, 3.63) is 81.0 Å². The smallest absolute Gasteiger partial charge is 0.270 e. The van der Waals surface area contributed by atoms with Gasteiger partial charge >= 0.3 is 0 Å². The summed E-state index contributed by atoms with van der Waals surface area (Å²) in [6.45, 7) is 0.883. The molecule has 0 saturated heterocycles. The molecule has 0 saturated carbocycles. The molecule has 0 atom stereocenters. The molecule has 0 unspecified atom stereocenters. The normalized spacial score (nSPS) is 10.5. The number of rotatable bonds is 9. The first-order valence-electron chi connectivity index (χ1n) is 9.16. The molecule has 2 N–H and O–H groups in total. The molecule has 3 aromatic rings. The fourth-order valence-electron chi connectivity index (χ4n) is 2.47. The molecule has 2 aromatic carbocycles. The van der Waals surface area contributed by atoms with Crippen LogP contribution in [0.3, 0.4) is 0 Å². The van der Waals surface area contributed by atoms with Gasteiger partial charge in [-0.15, -0.1) is 11.3 Å². The van der Waals surface area contributed by atoms with Gasteiger partial charge < -0.3 is 15.4 Å². The van der Waals surface area contributed by atoms with Crippen LogP contribution in [0, 0.1) is 5.82 Å². The molecule has 0 aliphatic heterocycles. The number of halogens is 2. The highest BCUT2D eigenvalue weighted by Gasteiger charge is 2.11. The van der Waals surface area contributed by atoms with Gasteiger partial charge in [0, 0.05) is 29.1 Å². The zero-order chi connectivity index (χ0) is 21.3. The van der Waals surface area contributed by atoms with Crippen molar-refractivity contribution in [3.8, 4) is 5.75 Å². The van der Waals surface area contributed by atoms with Gasteiger partial charge in [0.05, 0.1) is 0 Å². The summed E-state index contributed by atoms with van der Waals surface area (Å²) in [4.78, 5) is 28.4. The fourth-order valence-corrected chi connectivity index (χ4v) is 3.28. The van der Waals surface area contributed by atoms with Crippen molar-refractivity contribution in [2.45, 2.75) is 13.0 Å². The Morgan fingerprint density at radius 1 is 1.03 bits per heavy atom. The van der Waals surface area contributed by atoms with Crippen LogP contribution in [-0.2, 0) is 6.61 Å². The number of carbonyl (C=O) groups excluding carboxylic acids is 2. The van der Waals surface area contributed by atoms with Crippen LogP contribution >= 0.6 is 22.9 Å². The van der Waals surface area contributed by atoms with Gasteiger partial charge in [-0.1, -0.05) is 23.7 Å². The van der Waals surface area contributed by atoms with Gasteiger partial charge in [-0.25, -0.2) is 9.37 Å². The minimum absolute atomic E-state index is 0.0790. The van der Waals surface area contributed by atoms with Gasteiger partial charge in [-0.05, 0) is 42.8 Å². The van der Waals surface area contributed by atoms with Crippen LogP contribution in [0.4, 0.5) is 4.39 Å². The van der Waals surface area contributed by atoms with Crippen molar-refractivity contribution in [2.75, 3.05) is 13.1 Å². The summed E-state index contributed by atoms with van der Waals surface area (Å²) >= 11 is 7.06. The second-order valence-corrected chi connectivity index (χ2v) is 7.60. The Balaban J connectivity index is 1.36. The summed E-state index contributed by atoms with van der Waals surface area (Å²) in [5.41, 5.74) is 0.799. The monoisotopic (exact) mass is 447 g/mol. The van der Waals surface area contributed by atoms with E-state index in [1.165, 1.54) is 23.5 Å². The molecule has 0 radical (unpaired) electrons. The minimum Gasteiger partial charge on any atom is -0.483 e. The molecular formula is C21H19ClFN3O3S. The molecule has 0 spiro atoms. The van der Waals surface area contributed by atoms with Crippen molar-refractivity contribution >= 4 is 34.8 Å². The van der Waals surface area contributed by atoms with E-state index in [9.17, 15) is 14.0 Å². The Labute approximate surface area is 182 Å². The number of nitrogens with zero attached hydrogens (tertiary/aromatic N) is 1. The van der Waals surface area contributed by atoms with Gasteiger partial charge in [0.25, 0.3) is 11.8 Å². The number of thiazole rings is 1. The topological polar surface area (TPSA) is 80.3 Å². The van der Waals surface area contributed by atoms with Crippen molar-refractivity contribution in [2.24, 2.45) is 0 Å². The number of para-hydroxylation sites is 1. The summed E-state index contributed by atoms with van der Waals surface area (Å²) in [6.07, 6.45) is 0.568. The predicted molar refractivity (Wildman–Crippen MR) is 114 cm³/mol. The van der Waals surface area contributed by atoms with Crippen molar-refractivity contribution in [3.63, 3.8) is 0 Å². The van der Waals surface area contributed by atoms with E-state index in [-0.39, 0.29) is 29.9 Å². The second kappa shape index (κ2) is 10.7. The van der Waals surface area contributed by atoms with E-state index < -0.39 is 5.82 Å². The van der Waals surface area contributed by atoms with Crippen LogP contribution in [0.15, 0.2) is 53.9 Å². The largest absolute Gasteiger partial charge is 0.483 e. The maximum atomic E-state index is 13.6. The lowest BCUT2D eigenvalue weighted by molar-refractivity contribution is 0.0948. The van der Waals surface area contributed by atoms with E-state index in [1.54, 1.807) is 41.8 Å². The van der Waals surface area contributed by atoms with Gasteiger partial charge in [-0.2, -0.15) is 0 Å². The molecule has 0 aliphatic carbocycles. The van der Waals surface area contributed by atoms with Crippen LogP contribution in [0.1, 0.15) is 32.3 Å². The molecule has 6 nitrogen and oxygen atoms in total. The molecule has 30 heavy (non-hydrogen) atoms. The first kappa shape index (κ1) is 21.7. The SMILES string of the molecule is O=C(NCCCNC(=O)c1csc(COc2ccccc2F)n1)c1ccc(Cl)cc1. The van der Waals surface area contributed by atoms with Crippen LogP contribution in [-0.4, -0.2) is 29.9 Å². The van der Waals surface area contributed by atoms with Crippen molar-refractivity contribution < 1.29 is 18.7 Å². The second-order valence-electron chi connectivity index (χ2n) is 6.22. The maximum absolute atomic E-state index is 13.6. The molecule has 1 heterocycles. The molecule has 0 aliphatic rings. The Bertz CT molecular complexity index is 1010. The summed E-state index contributed by atoms with van der Waals surface area (Å²) in [5, 5.41) is 8.29. The first-order chi connectivity index (χ1) is 14.5. The molecule has 156 valence electrons. The third-order valence-corrected chi connectivity index (χ3v) is 5.08. The number of aromatic nitrogens is 1. The third kappa shape index (κ3) is 6.27. The summed E-state index contributed by atoms with van der Waals surface area (Å²) in [5.74, 6) is -0.820. The quantitative estimate of drug-likeness (QED) is 0.485. The van der Waals surface area contributed by atoms with E-state index >= 15 is 0 Å². The van der Waals surface area contributed by atoms with Crippen molar-refractivity contribution in [1.29, 1.82) is 0 Å². The average molecular weight is 448 g/mol. The van der Waals surface area contributed by atoms with Gasteiger partial charge in [0.2, 0.25) is 0 Å². The van der Waals surface area contributed by atoms with Gasteiger partial charge in [0.15, 0.2) is 11.6 Å². The molecule has 0 bridgehead atoms. The van der Waals surface area contributed by atoms with Gasteiger partial charge in [0.1, 0.15) is 17.3 Å². The number of hydrogen-bond donors (Lipinski definition) is 2. The van der Waals surface area contributed by atoms with Crippen LogP contribution in [0.2, 0.25) is 5.02 Å². The number of nitrogens with one attached hydrogen (secondary N) is 2. The van der Waals surface area contributed by atoms with E-state index in [0.29, 0.717) is 35.1 Å². The van der Waals surface area contributed by atoms with Crippen LogP contribution in [0.5, 0.6) is 5.75 Å². The highest BCUT2D eigenvalue weighted by molar-refractivity contribution is 7.09. The molecule has 9 heteroatoms. The number of ether oxygens (including phenoxy) is 1. The lowest BCUT2D eigenvalue weighted by Crippen LogP contribution is -2.30. The third-order valence-electron chi connectivity index (χ3n) is 4.00. The van der Waals surface area contributed by atoms with Gasteiger partial charge in [-0.3, -0.25) is 9.59 Å². The van der Waals surface area contributed by atoms with E-state index in [0.717, 1.165) is 0 Å². The Kier molecular flexibility index (Phi) is 7.75. The summed E-state index contributed by atoms with van der Waals surface area (Å²) < 4.78 is 18.9. The Hall–Kier alpha value is -2.97. The lowest BCUT2D eigenvalue weighted by Gasteiger charge is -2.06. The fraction of sp³-hybridized carbons (Fsp3) is 0.190. The molecule has 2 amide bonds. The van der Waals surface area contributed by atoms with Crippen molar-refractivity contribution in [1.82, 2.24) is 15.6 Å². The first-order valence-corrected chi connectivity index (χ1v) is 10.4. The van der Waals surface area contributed by atoms with Crippen LogP contribution in [0.25, 0.3) is 0 Å². The predicted octanol–water partition coefficient (Wildman–Crippen LogP) is 4.06. The lowest BCUT2D eigenvalue weighted by atomic mass is 10.2. The standard InChI is InChI=1S/C21H19ClFN3O3S/c22-15-8-6-14(7-9-15)20(27)24-10-3-11-25-21(28)17-13-30-19(26-17)12-29-18-5-2-1-4-16(18)23/h1-2,4-9,13H,3,10-12H2,(H,24,27)(H,25,28). The van der Waals surface area contributed by atoms with E-state index in [2.05, 4.69) is 15.6 Å². The zero-order valence-corrected chi connectivity index (χ0v) is 17.4. The molecular weight excluding hydrogens is 429 g/mol. The molecule has 0 fully saturated rings. The molecule has 3 rings (SSSR count). The number of amides is 2.